The lowest BCUT2D eigenvalue weighted by Gasteiger charge is -2.03. The molecule has 5 heteroatoms. The van der Waals surface area contributed by atoms with E-state index < -0.39 is 5.97 Å². The summed E-state index contributed by atoms with van der Waals surface area (Å²) in [6.07, 6.45) is 1.44. The van der Waals surface area contributed by atoms with Crippen molar-refractivity contribution < 1.29 is 9.53 Å². The molecule has 0 aromatic heterocycles. The smallest absolute Gasteiger partial charge is 0.342 e. The quantitative estimate of drug-likeness (QED) is 0.179. The van der Waals surface area contributed by atoms with E-state index in [1.165, 1.54) is 13.2 Å². The molecule has 0 aromatic rings. The van der Waals surface area contributed by atoms with E-state index >= 15 is 0 Å². The number of carbonyl (C=O) groups is 1. The summed E-state index contributed by atoms with van der Waals surface area (Å²) in [5, 5.41) is 8.56. The second-order valence-corrected chi connectivity index (χ2v) is 2.49. The van der Waals surface area contributed by atoms with Gasteiger partial charge >= 0.3 is 5.97 Å². The van der Waals surface area contributed by atoms with Crippen LogP contribution in [0.15, 0.2) is 27.4 Å². The number of allylic oxidation sites excluding steroid dienone is 1. The van der Waals surface area contributed by atoms with Crippen LogP contribution < -0.4 is 0 Å². The number of carbonyl (C=O) groups excluding carboxylic acids is 1. The van der Waals surface area contributed by atoms with Gasteiger partial charge in [0.15, 0.2) is 0 Å². The minimum atomic E-state index is -0.711. The van der Waals surface area contributed by atoms with Crippen LogP contribution in [0.2, 0.25) is 0 Å². The fourth-order valence-corrected chi connectivity index (χ4v) is 0.930. The van der Waals surface area contributed by atoms with Crippen LogP contribution >= 0.6 is 11.6 Å². The maximum atomic E-state index is 11.2. The van der Waals surface area contributed by atoms with Gasteiger partial charge in [-0.25, -0.2) is 4.79 Å². The van der Waals surface area contributed by atoms with Gasteiger partial charge in [-0.2, -0.15) is 5.26 Å². The molecular weight excluding hydrogens is 204 g/mol. The highest BCUT2D eigenvalue weighted by atomic mass is 35.5. The standard InChI is InChI=1S/C9H9ClN2O2/c1-4-6(5-11)7(8(10)12-2)9(13)14-3/h4H,2H2,1,3H3/b6-4-,8-7+. The van der Waals surface area contributed by atoms with Crippen LogP contribution in [0.5, 0.6) is 0 Å². The SMILES string of the molecule is C=N/C(Cl)=C(C(=O)OC)\C(C#N)=C/C. The van der Waals surface area contributed by atoms with E-state index in [-0.39, 0.29) is 16.3 Å². The summed E-state index contributed by atoms with van der Waals surface area (Å²) >= 11 is 5.61. The molecule has 0 aliphatic rings. The van der Waals surface area contributed by atoms with Gasteiger partial charge in [0.1, 0.15) is 10.7 Å². The van der Waals surface area contributed by atoms with E-state index in [2.05, 4.69) is 16.4 Å². The molecule has 0 unspecified atom stereocenters. The number of esters is 1. The van der Waals surface area contributed by atoms with Crippen LogP contribution in [-0.4, -0.2) is 19.8 Å². The van der Waals surface area contributed by atoms with Crippen molar-refractivity contribution in [3.05, 3.63) is 22.4 Å². The second kappa shape index (κ2) is 5.95. The molecule has 0 spiro atoms. The van der Waals surface area contributed by atoms with Crippen molar-refractivity contribution in [3.8, 4) is 6.07 Å². The van der Waals surface area contributed by atoms with Gasteiger partial charge < -0.3 is 4.74 Å². The molecule has 0 radical (unpaired) electrons. The Labute approximate surface area is 87.1 Å². The summed E-state index contributed by atoms with van der Waals surface area (Å²) in [6, 6.07) is 1.81. The summed E-state index contributed by atoms with van der Waals surface area (Å²) in [6.45, 7) is 4.77. The Balaban J connectivity index is 5.47. The minimum absolute atomic E-state index is 0.0748. The zero-order valence-electron chi connectivity index (χ0n) is 7.87. The van der Waals surface area contributed by atoms with Crippen molar-refractivity contribution in [1.29, 1.82) is 5.26 Å². The molecule has 0 amide bonds. The molecule has 0 bridgehead atoms. The Hall–Kier alpha value is -1.60. The molecule has 0 N–H and O–H groups in total. The predicted molar refractivity (Wildman–Crippen MR) is 53.8 cm³/mol. The van der Waals surface area contributed by atoms with E-state index in [0.29, 0.717) is 0 Å². The molecule has 0 saturated heterocycles. The van der Waals surface area contributed by atoms with Crippen molar-refractivity contribution in [2.75, 3.05) is 7.11 Å². The summed E-state index contributed by atoms with van der Waals surface area (Å²) in [7, 11) is 1.19. The minimum Gasteiger partial charge on any atom is -0.465 e. The number of ether oxygens (including phenoxy) is 1. The number of methoxy groups -OCH3 is 1. The average Bonchev–Trinajstić information content (AvgIpc) is 2.23. The third-order valence-electron chi connectivity index (χ3n) is 1.41. The zero-order valence-corrected chi connectivity index (χ0v) is 8.63. The lowest BCUT2D eigenvalue weighted by atomic mass is 10.1. The van der Waals surface area contributed by atoms with Crippen molar-refractivity contribution in [3.63, 3.8) is 0 Å². The van der Waals surface area contributed by atoms with Crippen LogP contribution in [0.4, 0.5) is 0 Å². The lowest BCUT2D eigenvalue weighted by molar-refractivity contribution is -0.135. The summed E-state index contributed by atoms with van der Waals surface area (Å²) in [5.74, 6) is -0.711. The van der Waals surface area contributed by atoms with Crippen LogP contribution in [-0.2, 0) is 9.53 Å². The topological polar surface area (TPSA) is 62.4 Å². The fourth-order valence-electron chi connectivity index (χ4n) is 0.751. The first-order chi connectivity index (χ1) is 6.62. The van der Waals surface area contributed by atoms with E-state index in [0.717, 1.165) is 0 Å². The van der Waals surface area contributed by atoms with Crippen molar-refractivity contribution in [1.82, 2.24) is 0 Å². The first-order valence-corrected chi connectivity index (χ1v) is 4.01. The van der Waals surface area contributed by atoms with Gasteiger partial charge in [-0.1, -0.05) is 17.7 Å². The van der Waals surface area contributed by atoms with Gasteiger partial charge in [0, 0.05) is 0 Å². The average molecular weight is 213 g/mol. The van der Waals surface area contributed by atoms with Gasteiger partial charge in [-0.05, 0) is 13.6 Å². The van der Waals surface area contributed by atoms with Gasteiger partial charge in [-0.3, -0.25) is 4.99 Å². The first-order valence-electron chi connectivity index (χ1n) is 3.63. The molecule has 0 saturated carbocycles. The highest BCUT2D eigenvalue weighted by Crippen LogP contribution is 2.19. The monoisotopic (exact) mass is 212 g/mol. The molecule has 74 valence electrons. The predicted octanol–water partition coefficient (Wildman–Crippen LogP) is 1.78. The first kappa shape index (κ1) is 12.4. The Morgan fingerprint density at radius 1 is 1.71 bits per heavy atom. The third-order valence-corrected chi connectivity index (χ3v) is 1.72. The Morgan fingerprint density at radius 3 is 2.57 bits per heavy atom. The number of nitrogens with zero attached hydrogens (tertiary/aromatic N) is 2. The Bertz CT molecular complexity index is 350. The third kappa shape index (κ3) is 2.71. The van der Waals surface area contributed by atoms with Crippen molar-refractivity contribution in [2.45, 2.75) is 6.92 Å². The van der Waals surface area contributed by atoms with Gasteiger partial charge in [0.05, 0.1) is 18.8 Å². The van der Waals surface area contributed by atoms with E-state index in [9.17, 15) is 4.79 Å². The molecule has 0 heterocycles. The molecule has 0 aliphatic carbocycles. The van der Waals surface area contributed by atoms with E-state index in [1.54, 1.807) is 6.92 Å². The number of hydrogen-bond acceptors (Lipinski definition) is 4. The van der Waals surface area contributed by atoms with Gasteiger partial charge in [0.25, 0.3) is 0 Å². The maximum Gasteiger partial charge on any atom is 0.342 e. The normalized spacial score (nSPS) is 12.6. The number of halogens is 1. The summed E-state index contributed by atoms with van der Waals surface area (Å²) < 4.78 is 4.46. The fraction of sp³-hybridized carbons (Fsp3) is 0.222. The molecular formula is C9H9ClN2O2. The number of nitriles is 1. The number of rotatable bonds is 3. The van der Waals surface area contributed by atoms with E-state index in [1.807, 2.05) is 6.07 Å². The highest BCUT2D eigenvalue weighted by molar-refractivity contribution is 6.32. The van der Waals surface area contributed by atoms with E-state index in [4.69, 9.17) is 16.9 Å². The van der Waals surface area contributed by atoms with Crippen molar-refractivity contribution >= 4 is 24.3 Å². The summed E-state index contributed by atoms with van der Waals surface area (Å²) in [5.41, 5.74) is 0.0309. The largest absolute Gasteiger partial charge is 0.465 e. The van der Waals surface area contributed by atoms with Crippen molar-refractivity contribution in [2.24, 2.45) is 4.99 Å². The maximum absolute atomic E-state index is 11.2. The molecule has 4 nitrogen and oxygen atoms in total. The molecule has 0 aromatic carbocycles. The number of hydrogen-bond donors (Lipinski definition) is 0. The van der Waals surface area contributed by atoms with Crippen LogP contribution in [0, 0.1) is 11.3 Å². The summed E-state index contributed by atoms with van der Waals surface area (Å²) in [4.78, 5) is 14.6. The molecule has 14 heavy (non-hydrogen) atoms. The molecule has 0 fully saturated rings. The van der Waals surface area contributed by atoms with Crippen LogP contribution in [0.25, 0.3) is 0 Å². The Morgan fingerprint density at radius 2 is 2.29 bits per heavy atom. The zero-order chi connectivity index (χ0) is 11.1. The van der Waals surface area contributed by atoms with Crippen LogP contribution in [0.3, 0.4) is 0 Å². The molecule has 0 rings (SSSR count). The Kier molecular flexibility index (Phi) is 5.27. The molecule has 0 aliphatic heterocycles. The van der Waals surface area contributed by atoms with Gasteiger partial charge in [0.2, 0.25) is 0 Å². The highest BCUT2D eigenvalue weighted by Gasteiger charge is 2.18. The molecule has 0 atom stereocenters. The second-order valence-electron chi connectivity index (χ2n) is 2.13. The van der Waals surface area contributed by atoms with Gasteiger partial charge in [-0.15, -0.1) is 0 Å². The van der Waals surface area contributed by atoms with Crippen LogP contribution in [0.1, 0.15) is 6.92 Å². The number of aliphatic imine (C=N–C) groups is 1. The lowest BCUT2D eigenvalue weighted by Crippen LogP contribution is -2.07.